The van der Waals surface area contributed by atoms with E-state index in [0.29, 0.717) is 12.4 Å². The molecule has 0 saturated heterocycles. The highest BCUT2D eigenvalue weighted by molar-refractivity contribution is 5.58. The van der Waals surface area contributed by atoms with Gasteiger partial charge in [0.2, 0.25) is 0 Å². The highest BCUT2D eigenvalue weighted by Gasteiger charge is 2.19. The van der Waals surface area contributed by atoms with E-state index in [-0.39, 0.29) is 16.7 Å². The predicted molar refractivity (Wildman–Crippen MR) is 70.1 cm³/mol. The molecule has 1 aromatic heterocycles. The van der Waals surface area contributed by atoms with Crippen LogP contribution in [0.3, 0.4) is 0 Å². The zero-order valence-corrected chi connectivity index (χ0v) is 10.9. The Labute approximate surface area is 101 Å². The molecule has 6 heteroatoms. The van der Waals surface area contributed by atoms with Crippen LogP contribution in [0.2, 0.25) is 0 Å². The standard InChI is InChI=1S/C11H21N5O/c1-11(2,6-16(3)4)5-13-9-8(12)10(17)15-7-14-9/h7H,5-6,12H2,1-4H3,(H2,13,14,15,17). The largest absolute Gasteiger partial charge is 0.391 e. The molecule has 0 amide bonds. The summed E-state index contributed by atoms with van der Waals surface area (Å²) in [5.41, 5.74) is 5.52. The number of nitrogens with zero attached hydrogens (tertiary/aromatic N) is 2. The normalized spacial score (nSPS) is 11.8. The summed E-state index contributed by atoms with van der Waals surface area (Å²) in [6.45, 7) is 5.92. The van der Waals surface area contributed by atoms with Crippen LogP contribution < -0.4 is 16.6 Å². The monoisotopic (exact) mass is 239 g/mol. The molecule has 0 aromatic carbocycles. The van der Waals surface area contributed by atoms with Crippen LogP contribution in [0.4, 0.5) is 11.5 Å². The van der Waals surface area contributed by atoms with Crippen molar-refractivity contribution in [3.63, 3.8) is 0 Å². The predicted octanol–water partition coefficient (Wildman–Crippen LogP) is 0.352. The van der Waals surface area contributed by atoms with Gasteiger partial charge in [-0.1, -0.05) is 13.8 Å². The van der Waals surface area contributed by atoms with E-state index in [1.807, 2.05) is 14.1 Å². The van der Waals surface area contributed by atoms with Gasteiger partial charge in [-0.2, -0.15) is 0 Å². The molecule has 1 rings (SSSR count). The van der Waals surface area contributed by atoms with Crippen molar-refractivity contribution in [3.05, 3.63) is 16.7 Å². The average molecular weight is 239 g/mol. The molecule has 0 radical (unpaired) electrons. The van der Waals surface area contributed by atoms with Crippen LogP contribution in [0.15, 0.2) is 11.1 Å². The molecule has 17 heavy (non-hydrogen) atoms. The van der Waals surface area contributed by atoms with Crippen LogP contribution in [0, 0.1) is 5.41 Å². The number of nitrogens with two attached hydrogens (primary N) is 1. The summed E-state index contributed by atoms with van der Waals surface area (Å²) < 4.78 is 0. The third-order valence-corrected chi connectivity index (χ3v) is 2.37. The molecular formula is C11H21N5O. The molecule has 0 spiro atoms. The van der Waals surface area contributed by atoms with Gasteiger partial charge in [0.15, 0.2) is 5.82 Å². The fourth-order valence-corrected chi connectivity index (χ4v) is 1.79. The van der Waals surface area contributed by atoms with Crippen LogP contribution in [0.25, 0.3) is 0 Å². The van der Waals surface area contributed by atoms with Crippen molar-refractivity contribution in [2.45, 2.75) is 13.8 Å². The first kappa shape index (κ1) is 13.5. The summed E-state index contributed by atoms with van der Waals surface area (Å²) in [7, 11) is 4.06. The van der Waals surface area contributed by atoms with Crippen molar-refractivity contribution in [1.82, 2.24) is 14.9 Å². The van der Waals surface area contributed by atoms with Crippen molar-refractivity contribution >= 4 is 11.5 Å². The van der Waals surface area contributed by atoms with E-state index in [9.17, 15) is 4.79 Å². The number of nitrogens with one attached hydrogen (secondary N) is 2. The molecule has 0 atom stereocenters. The van der Waals surface area contributed by atoms with E-state index in [0.717, 1.165) is 6.54 Å². The third-order valence-electron chi connectivity index (χ3n) is 2.37. The van der Waals surface area contributed by atoms with Gasteiger partial charge in [-0.05, 0) is 19.5 Å². The lowest BCUT2D eigenvalue weighted by Crippen LogP contribution is -2.35. The molecule has 0 aliphatic rings. The van der Waals surface area contributed by atoms with Gasteiger partial charge in [-0.3, -0.25) is 4.79 Å². The number of hydrogen-bond acceptors (Lipinski definition) is 5. The van der Waals surface area contributed by atoms with E-state index in [2.05, 4.69) is 34.0 Å². The molecule has 0 fully saturated rings. The van der Waals surface area contributed by atoms with Gasteiger partial charge in [-0.15, -0.1) is 0 Å². The third kappa shape index (κ3) is 4.07. The van der Waals surface area contributed by atoms with Crippen LogP contribution in [0.5, 0.6) is 0 Å². The minimum Gasteiger partial charge on any atom is -0.391 e. The second-order valence-electron chi connectivity index (χ2n) is 5.25. The zero-order valence-electron chi connectivity index (χ0n) is 10.9. The molecular weight excluding hydrogens is 218 g/mol. The van der Waals surface area contributed by atoms with Gasteiger partial charge < -0.3 is 20.9 Å². The number of hydrogen-bond donors (Lipinski definition) is 3. The topological polar surface area (TPSA) is 87.0 Å². The van der Waals surface area contributed by atoms with Gasteiger partial charge in [0.05, 0.1) is 6.33 Å². The summed E-state index contributed by atoms with van der Waals surface area (Å²) >= 11 is 0. The molecule has 6 nitrogen and oxygen atoms in total. The number of anilines is 2. The Morgan fingerprint density at radius 1 is 1.53 bits per heavy atom. The quantitative estimate of drug-likeness (QED) is 0.690. The minimum atomic E-state index is -0.312. The van der Waals surface area contributed by atoms with Crippen molar-refractivity contribution < 1.29 is 0 Å². The molecule has 96 valence electrons. The maximum Gasteiger partial charge on any atom is 0.276 e. The maximum atomic E-state index is 11.3. The SMILES string of the molecule is CN(C)CC(C)(C)CNc1nc[nH]c(=O)c1N. The van der Waals surface area contributed by atoms with Crippen molar-refractivity contribution in [3.8, 4) is 0 Å². The van der Waals surface area contributed by atoms with Crippen molar-refractivity contribution in [1.29, 1.82) is 0 Å². The van der Waals surface area contributed by atoms with Crippen LogP contribution >= 0.6 is 0 Å². The zero-order chi connectivity index (χ0) is 13.1. The van der Waals surface area contributed by atoms with Crippen molar-refractivity contribution in [2.75, 3.05) is 38.2 Å². The Morgan fingerprint density at radius 3 is 2.76 bits per heavy atom. The smallest absolute Gasteiger partial charge is 0.276 e. The Bertz CT molecular complexity index is 424. The minimum absolute atomic E-state index is 0.0697. The van der Waals surface area contributed by atoms with Crippen LogP contribution in [-0.4, -0.2) is 42.1 Å². The summed E-state index contributed by atoms with van der Waals surface area (Å²) in [5.74, 6) is 0.445. The second-order valence-corrected chi connectivity index (χ2v) is 5.25. The maximum absolute atomic E-state index is 11.3. The molecule has 4 N–H and O–H groups in total. The lowest BCUT2D eigenvalue weighted by Gasteiger charge is -2.28. The number of rotatable bonds is 5. The van der Waals surface area contributed by atoms with Gasteiger partial charge in [0.25, 0.3) is 5.56 Å². The van der Waals surface area contributed by atoms with Crippen molar-refractivity contribution in [2.24, 2.45) is 5.41 Å². The Balaban J connectivity index is 2.67. The Morgan fingerprint density at radius 2 is 2.18 bits per heavy atom. The number of nitrogen functional groups attached to an aromatic ring is 1. The van der Waals surface area contributed by atoms with Gasteiger partial charge in [0.1, 0.15) is 5.69 Å². The first-order chi connectivity index (χ1) is 7.82. The van der Waals surface area contributed by atoms with E-state index in [1.165, 1.54) is 6.33 Å². The molecule has 0 aliphatic heterocycles. The summed E-state index contributed by atoms with van der Waals surface area (Å²) in [6.07, 6.45) is 1.35. The fraction of sp³-hybridized carbons (Fsp3) is 0.636. The first-order valence-electron chi connectivity index (χ1n) is 5.53. The Kier molecular flexibility index (Phi) is 4.11. The molecule has 0 aliphatic carbocycles. The molecule has 0 unspecified atom stereocenters. The van der Waals surface area contributed by atoms with Crippen LogP contribution in [-0.2, 0) is 0 Å². The number of aromatic amines is 1. The molecule has 1 heterocycles. The van der Waals surface area contributed by atoms with E-state index >= 15 is 0 Å². The lowest BCUT2D eigenvalue weighted by molar-refractivity contribution is 0.254. The average Bonchev–Trinajstić information content (AvgIpc) is 2.18. The highest BCUT2D eigenvalue weighted by atomic mass is 16.1. The number of H-pyrrole nitrogens is 1. The van der Waals surface area contributed by atoms with E-state index in [1.54, 1.807) is 0 Å². The summed E-state index contributed by atoms with van der Waals surface area (Å²) in [6, 6.07) is 0. The molecule has 0 saturated carbocycles. The summed E-state index contributed by atoms with van der Waals surface area (Å²) in [5, 5.41) is 3.12. The molecule has 0 bridgehead atoms. The Hall–Kier alpha value is -1.56. The van der Waals surface area contributed by atoms with Gasteiger partial charge in [0, 0.05) is 13.1 Å². The van der Waals surface area contributed by atoms with E-state index < -0.39 is 0 Å². The van der Waals surface area contributed by atoms with E-state index in [4.69, 9.17) is 5.73 Å². The summed E-state index contributed by atoms with van der Waals surface area (Å²) in [4.78, 5) is 19.8. The highest BCUT2D eigenvalue weighted by Crippen LogP contribution is 2.17. The lowest BCUT2D eigenvalue weighted by atomic mass is 9.93. The van der Waals surface area contributed by atoms with Crippen LogP contribution in [0.1, 0.15) is 13.8 Å². The van der Waals surface area contributed by atoms with Gasteiger partial charge >= 0.3 is 0 Å². The molecule has 1 aromatic rings. The fourth-order valence-electron chi connectivity index (χ4n) is 1.79. The first-order valence-corrected chi connectivity index (χ1v) is 5.53. The number of aromatic nitrogens is 2. The second kappa shape index (κ2) is 5.18. The van der Waals surface area contributed by atoms with Gasteiger partial charge in [-0.25, -0.2) is 4.98 Å².